The Bertz CT molecular complexity index is 382. The highest BCUT2D eigenvalue weighted by Crippen LogP contribution is 2.27. The number of hydrogen-bond donors (Lipinski definition) is 1. The highest BCUT2D eigenvalue weighted by atomic mass is 16.4. The van der Waals surface area contributed by atoms with Crippen molar-refractivity contribution in [3.63, 3.8) is 0 Å². The van der Waals surface area contributed by atoms with Gasteiger partial charge < -0.3 is 9.67 Å². The van der Waals surface area contributed by atoms with Crippen molar-refractivity contribution < 1.29 is 9.90 Å². The Balaban J connectivity index is 2.30. The van der Waals surface area contributed by atoms with E-state index in [2.05, 4.69) is 18.8 Å². The third-order valence-electron chi connectivity index (χ3n) is 3.29. The summed E-state index contributed by atoms with van der Waals surface area (Å²) < 4.78 is 1.97. The lowest BCUT2D eigenvalue weighted by molar-refractivity contribution is 0.0688. The van der Waals surface area contributed by atoms with Crippen LogP contribution in [0.5, 0.6) is 0 Å². The topological polar surface area (TPSA) is 55.1 Å². The van der Waals surface area contributed by atoms with Crippen LogP contribution in [0.15, 0.2) is 6.33 Å². The van der Waals surface area contributed by atoms with E-state index in [0.29, 0.717) is 11.8 Å². The first kappa shape index (κ1) is 10.2. The first-order chi connectivity index (χ1) is 7.09. The number of nitrogens with zero attached hydrogens (tertiary/aromatic N) is 2. The summed E-state index contributed by atoms with van der Waals surface area (Å²) in [5, 5.41) is 8.98. The summed E-state index contributed by atoms with van der Waals surface area (Å²) in [6, 6.07) is 0. The zero-order chi connectivity index (χ0) is 11.0. The van der Waals surface area contributed by atoms with Gasteiger partial charge in [-0.05, 0) is 24.7 Å². The van der Waals surface area contributed by atoms with Crippen molar-refractivity contribution in [2.24, 2.45) is 11.8 Å². The molecule has 0 amide bonds. The second-order valence-corrected chi connectivity index (χ2v) is 4.54. The van der Waals surface area contributed by atoms with E-state index in [0.717, 1.165) is 25.1 Å². The van der Waals surface area contributed by atoms with Crippen molar-refractivity contribution in [1.82, 2.24) is 9.55 Å². The van der Waals surface area contributed by atoms with Gasteiger partial charge in [0, 0.05) is 6.54 Å². The van der Waals surface area contributed by atoms with Crippen LogP contribution in [0.2, 0.25) is 0 Å². The molecule has 1 aromatic heterocycles. The van der Waals surface area contributed by atoms with Crippen molar-refractivity contribution >= 4 is 5.97 Å². The van der Waals surface area contributed by atoms with E-state index in [4.69, 9.17) is 5.11 Å². The molecule has 1 atom stereocenters. The fourth-order valence-electron chi connectivity index (χ4n) is 2.22. The number of aromatic carboxylic acids is 1. The number of imidazole rings is 1. The fraction of sp³-hybridized carbons (Fsp3) is 0.636. The van der Waals surface area contributed by atoms with E-state index < -0.39 is 5.97 Å². The van der Waals surface area contributed by atoms with E-state index in [1.165, 1.54) is 0 Å². The molecule has 1 aromatic rings. The van der Waals surface area contributed by atoms with Crippen LogP contribution in [-0.2, 0) is 13.0 Å². The van der Waals surface area contributed by atoms with Crippen LogP contribution in [0.1, 0.15) is 36.5 Å². The van der Waals surface area contributed by atoms with Crippen LogP contribution in [0.3, 0.4) is 0 Å². The van der Waals surface area contributed by atoms with E-state index in [1.54, 1.807) is 6.33 Å². The van der Waals surface area contributed by atoms with Crippen LogP contribution >= 0.6 is 0 Å². The largest absolute Gasteiger partial charge is 0.476 e. The van der Waals surface area contributed by atoms with Crippen molar-refractivity contribution in [3.8, 4) is 0 Å². The highest BCUT2D eigenvalue weighted by molar-refractivity contribution is 5.86. The Hall–Kier alpha value is -1.32. The third-order valence-corrected chi connectivity index (χ3v) is 3.29. The number of carboxylic acid groups (broad SMARTS) is 1. The normalized spacial score (nSPS) is 20.3. The molecule has 1 aliphatic heterocycles. The highest BCUT2D eigenvalue weighted by Gasteiger charge is 2.26. The summed E-state index contributed by atoms with van der Waals surface area (Å²) in [4.78, 5) is 14.9. The van der Waals surface area contributed by atoms with Crippen LogP contribution in [0, 0.1) is 11.8 Å². The Morgan fingerprint density at radius 3 is 3.00 bits per heavy atom. The van der Waals surface area contributed by atoms with Gasteiger partial charge in [0.25, 0.3) is 0 Å². The fourth-order valence-corrected chi connectivity index (χ4v) is 2.22. The first-order valence-electron chi connectivity index (χ1n) is 5.37. The quantitative estimate of drug-likeness (QED) is 0.806. The summed E-state index contributed by atoms with van der Waals surface area (Å²) >= 11 is 0. The van der Waals surface area contributed by atoms with Gasteiger partial charge >= 0.3 is 5.97 Å². The van der Waals surface area contributed by atoms with Crippen LogP contribution in [0.25, 0.3) is 0 Å². The summed E-state index contributed by atoms with van der Waals surface area (Å²) in [6.07, 6.45) is 3.62. The molecule has 0 spiro atoms. The average Bonchev–Trinajstić information content (AvgIpc) is 2.59. The standard InChI is InChI=1S/C11H16N2O2/c1-7(2)8-3-4-13-6-12-10(11(14)15)9(13)5-8/h6-8H,3-5H2,1-2H3,(H,14,15). The molecule has 2 rings (SSSR count). The smallest absolute Gasteiger partial charge is 0.356 e. The maximum Gasteiger partial charge on any atom is 0.356 e. The first-order valence-corrected chi connectivity index (χ1v) is 5.37. The summed E-state index contributed by atoms with van der Waals surface area (Å²) in [6.45, 7) is 5.28. The SMILES string of the molecule is CC(C)C1CCn2cnc(C(=O)O)c2C1. The van der Waals surface area contributed by atoms with Gasteiger partial charge in [0.2, 0.25) is 0 Å². The maximum absolute atomic E-state index is 10.9. The number of carbonyl (C=O) groups is 1. The summed E-state index contributed by atoms with van der Waals surface area (Å²) in [7, 11) is 0. The second-order valence-electron chi connectivity index (χ2n) is 4.54. The maximum atomic E-state index is 10.9. The molecule has 2 heterocycles. The molecule has 1 N–H and O–H groups in total. The van der Waals surface area contributed by atoms with Crippen molar-refractivity contribution in [1.29, 1.82) is 0 Å². The summed E-state index contributed by atoms with van der Waals surface area (Å²) in [5.41, 5.74) is 1.13. The predicted molar refractivity (Wildman–Crippen MR) is 55.8 cm³/mol. The average molecular weight is 208 g/mol. The number of aryl methyl sites for hydroxylation is 1. The van der Waals surface area contributed by atoms with Gasteiger partial charge in [0.05, 0.1) is 12.0 Å². The Morgan fingerprint density at radius 1 is 1.67 bits per heavy atom. The van der Waals surface area contributed by atoms with Crippen molar-refractivity contribution in [2.75, 3.05) is 0 Å². The molecule has 15 heavy (non-hydrogen) atoms. The molecular weight excluding hydrogens is 192 g/mol. The minimum Gasteiger partial charge on any atom is -0.476 e. The molecule has 0 fully saturated rings. The van der Waals surface area contributed by atoms with E-state index in [1.807, 2.05) is 4.57 Å². The third kappa shape index (κ3) is 1.76. The molecule has 4 nitrogen and oxygen atoms in total. The Morgan fingerprint density at radius 2 is 2.40 bits per heavy atom. The molecule has 1 unspecified atom stereocenters. The van der Waals surface area contributed by atoms with Gasteiger partial charge in [-0.3, -0.25) is 0 Å². The lowest BCUT2D eigenvalue weighted by atomic mass is 9.85. The predicted octanol–water partition coefficient (Wildman–Crippen LogP) is 1.80. The molecule has 0 bridgehead atoms. The molecule has 0 saturated carbocycles. The lowest BCUT2D eigenvalue weighted by Crippen LogP contribution is -2.23. The van der Waals surface area contributed by atoms with Crippen LogP contribution in [0.4, 0.5) is 0 Å². The number of aromatic nitrogens is 2. The van der Waals surface area contributed by atoms with E-state index >= 15 is 0 Å². The monoisotopic (exact) mass is 208 g/mol. The van der Waals surface area contributed by atoms with Gasteiger partial charge in [-0.2, -0.15) is 0 Å². The molecule has 4 heteroatoms. The molecule has 0 saturated heterocycles. The van der Waals surface area contributed by atoms with Crippen LogP contribution < -0.4 is 0 Å². The number of carboxylic acids is 1. The molecule has 0 aliphatic carbocycles. The molecule has 0 radical (unpaired) electrons. The van der Waals surface area contributed by atoms with Gasteiger partial charge in [-0.25, -0.2) is 9.78 Å². The minimum atomic E-state index is -0.909. The van der Waals surface area contributed by atoms with E-state index in [-0.39, 0.29) is 5.69 Å². The van der Waals surface area contributed by atoms with Crippen LogP contribution in [-0.4, -0.2) is 20.6 Å². The number of hydrogen-bond acceptors (Lipinski definition) is 2. The Kier molecular flexibility index (Phi) is 2.50. The zero-order valence-corrected chi connectivity index (χ0v) is 9.10. The molecular formula is C11H16N2O2. The van der Waals surface area contributed by atoms with Gasteiger partial charge in [0.1, 0.15) is 0 Å². The van der Waals surface area contributed by atoms with Gasteiger partial charge in [-0.15, -0.1) is 0 Å². The molecule has 82 valence electrons. The molecule has 1 aliphatic rings. The number of rotatable bonds is 2. The summed E-state index contributed by atoms with van der Waals surface area (Å²) in [5.74, 6) is 0.288. The zero-order valence-electron chi connectivity index (χ0n) is 9.10. The number of fused-ring (bicyclic) bond motifs is 1. The lowest BCUT2D eigenvalue weighted by Gasteiger charge is -2.26. The molecule has 0 aromatic carbocycles. The van der Waals surface area contributed by atoms with Gasteiger partial charge in [-0.1, -0.05) is 13.8 Å². The van der Waals surface area contributed by atoms with Crippen molar-refractivity contribution in [3.05, 3.63) is 17.7 Å². The second kappa shape index (κ2) is 3.68. The minimum absolute atomic E-state index is 0.236. The van der Waals surface area contributed by atoms with Crippen molar-refractivity contribution in [2.45, 2.75) is 33.2 Å². The van der Waals surface area contributed by atoms with E-state index in [9.17, 15) is 4.79 Å². The Labute approximate surface area is 88.9 Å². The van der Waals surface area contributed by atoms with Gasteiger partial charge in [0.15, 0.2) is 5.69 Å².